The van der Waals surface area contributed by atoms with Crippen molar-refractivity contribution in [2.75, 3.05) is 11.1 Å². The van der Waals surface area contributed by atoms with Crippen LogP contribution in [0.25, 0.3) is 5.69 Å². The number of thioether (sulfide) groups is 1. The normalized spacial score (nSPS) is 10.7. The number of aromatic nitrogens is 4. The van der Waals surface area contributed by atoms with Gasteiger partial charge < -0.3 is 5.32 Å². The minimum atomic E-state index is -0.237. The summed E-state index contributed by atoms with van der Waals surface area (Å²) in [6.45, 7) is 0. The van der Waals surface area contributed by atoms with Gasteiger partial charge in [0.1, 0.15) is 0 Å². The third-order valence-electron chi connectivity index (χ3n) is 3.05. The molecule has 0 aliphatic rings. The Balaban J connectivity index is 1.66. The summed E-state index contributed by atoms with van der Waals surface area (Å²) in [5, 5.41) is 15.7. The Morgan fingerprint density at radius 2 is 1.96 bits per heavy atom. The van der Waals surface area contributed by atoms with Crippen molar-refractivity contribution in [3.05, 3.63) is 57.0 Å². The van der Waals surface area contributed by atoms with E-state index in [1.54, 1.807) is 22.9 Å². The van der Waals surface area contributed by atoms with Crippen molar-refractivity contribution in [3.8, 4) is 5.69 Å². The number of tetrazole rings is 1. The van der Waals surface area contributed by atoms with Crippen molar-refractivity contribution in [2.24, 2.45) is 0 Å². The van der Waals surface area contributed by atoms with Gasteiger partial charge in [-0.2, -0.15) is 4.68 Å². The molecule has 0 atom stereocenters. The molecule has 2 aromatic carbocycles. The topological polar surface area (TPSA) is 72.7 Å². The molecule has 3 aromatic rings. The smallest absolute Gasteiger partial charge is 0.234 e. The first-order valence-electron chi connectivity index (χ1n) is 6.95. The molecule has 1 heterocycles. The van der Waals surface area contributed by atoms with Crippen LogP contribution in [0.4, 0.5) is 5.69 Å². The van der Waals surface area contributed by atoms with Crippen molar-refractivity contribution < 1.29 is 4.79 Å². The van der Waals surface area contributed by atoms with Crippen LogP contribution >= 0.6 is 50.9 Å². The van der Waals surface area contributed by atoms with Crippen molar-refractivity contribution >= 4 is 62.5 Å². The molecule has 0 saturated carbocycles. The molecule has 0 aliphatic carbocycles. The Kier molecular flexibility index (Phi) is 5.95. The summed E-state index contributed by atoms with van der Waals surface area (Å²) in [6, 6.07) is 12.4. The number of anilines is 1. The van der Waals surface area contributed by atoms with Crippen LogP contribution in [0.3, 0.4) is 0 Å². The van der Waals surface area contributed by atoms with Gasteiger partial charge in [0.05, 0.1) is 22.2 Å². The maximum atomic E-state index is 12.1. The number of nitrogens with one attached hydrogen (secondary N) is 1. The zero-order chi connectivity index (χ0) is 17.8. The average molecular weight is 459 g/mol. The molecule has 128 valence electrons. The van der Waals surface area contributed by atoms with E-state index in [1.165, 1.54) is 11.8 Å². The first-order valence-corrected chi connectivity index (χ1v) is 9.48. The third kappa shape index (κ3) is 4.72. The van der Waals surface area contributed by atoms with Gasteiger partial charge in [-0.05, 0) is 52.9 Å². The molecule has 3 rings (SSSR count). The van der Waals surface area contributed by atoms with E-state index >= 15 is 0 Å². The minimum Gasteiger partial charge on any atom is -0.324 e. The number of hydrogen-bond acceptors (Lipinski definition) is 5. The van der Waals surface area contributed by atoms with E-state index in [9.17, 15) is 4.79 Å². The fraction of sp³-hybridized carbons (Fsp3) is 0.0667. The number of benzene rings is 2. The van der Waals surface area contributed by atoms with Gasteiger partial charge in [0.25, 0.3) is 0 Å². The van der Waals surface area contributed by atoms with Gasteiger partial charge in [0, 0.05) is 9.50 Å². The molecule has 1 N–H and O–H groups in total. The molecule has 0 bridgehead atoms. The van der Waals surface area contributed by atoms with Crippen LogP contribution in [0.5, 0.6) is 0 Å². The standard InChI is InChI=1S/C15H10BrCl2N5OS/c16-9-1-4-11(5-2-9)23-15(20-21-22-23)25-8-14(24)19-13-7-10(17)3-6-12(13)18/h1-7H,8H2,(H,19,24). The largest absolute Gasteiger partial charge is 0.324 e. The van der Waals surface area contributed by atoms with Crippen molar-refractivity contribution in [2.45, 2.75) is 5.16 Å². The first kappa shape index (κ1) is 18.2. The van der Waals surface area contributed by atoms with Crippen LogP contribution in [0, 0.1) is 0 Å². The highest BCUT2D eigenvalue weighted by Gasteiger charge is 2.13. The molecule has 0 fully saturated rings. The Morgan fingerprint density at radius 3 is 2.72 bits per heavy atom. The van der Waals surface area contributed by atoms with Crippen molar-refractivity contribution in [1.82, 2.24) is 20.2 Å². The summed E-state index contributed by atoms with van der Waals surface area (Å²) in [5.41, 5.74) is 1.27. The molecule has 0 radical (unpaired) electrons. The molecule has 6 nitrogen and oxygen atoms in total. The number of amides is 1. The van der Waals surface area contributed by atoms with Gasteiger partial charge in [-0.1, -0.05) is 50.9 Å². The van der Waals surface area contributed by atoms with Crippen LogP contribution in [0.15, 0.2) is 52.1 Å². The first-order chi connectivity index (χ1) is 12.0. The molecular weight excluding hydrogens is 449 g/mol. The molecule has 1 amide bonds. The molecule has 10 heteroatoms. The molecule has 0 saturated heterocycles. The predicted molar refractivity (Wildman–Crippen MR) is 103 cm³/mol. The molecule has 0 unspecified atom stereocenters. The van der Waals surface area contributed by atoms with Gasteiger partial charge in [-0.15, -0.1) is 5.10 Å². The van der Waals surface area contributed by atoms with Crippen molar-refractivity contribution in [3.63, 3.8) is 0 Å². The van der Waals surface area contributed by atoms with Crippen LogP contribution in [-0.4, -0.2) is 31.9 Å². The number of rotatable bonds is 5. The zero-order valence-corrected chi connectivity index (χ0v) is 16.4. The number of nitrogens with zero attached hydrogens (tertiary/aromatic N) is 4. The second kappa shape index (κ2) is 8.18. The summed E-state index contributed by atoms with van der Waals surface area (Å²) >= 11 is 16.5. The van der Waals surface area contributed by atoms with Gasteiger partial charge in [0.15, 0.2) is 0 Å². The van der Waals surface area contributed by atoms with E-state index in [1.807, 2.05) is 24.3 Å². The second-order valence-electron chi connectivity index (χ2n) is 4.81. The molecule has 0 aliphatic heterocycles. The number of halogens is 3. The third-order valence-corrected chi connectivity index (χ3v) is 5.06. The molecular formula is C15H10BrCl2N5OS. The lowest BCUT2D eigenvalue weighted by Crippen LogP contribution is -2.15. The monoisotopic (exact) mass is 457 g/mol. The average Bonchev–Trinajstić information content (AvgIpc) is 3.05. The molecule has 0 spiro atoms. The van der Waals surface area contributed by atoms with E-state index in [0.29, 0.717) is 20.9 Å². The van der Waals surface area contributed by atoms with E-state index < -0.39 is 0 Å². The van der Waals surface area contributed by atoms with E-state index in [0.717, 1.165) is 10.2 Å². The van der Waals surface area contributed by atoms with Crippen LogP contribution in [-0.2, 0) is 4.79 Å². The predicted octanol–water partition coefficient (Wildman–Crippen LogP) is 4.46. The summed E-state index contributed by atoms with van der Waals surface area (Å²) in [5.74, 6) is -0.112. The van der Waals surface area contributed by atoms with Gasteiger partial charge >= 0.3 is 0 Å². The Labute approximate surface area is 166 Å². The Morgan fingerprint density at radius 1 is 1.20 bits per heavy atom. The SMILES string of the molecule is O=C(CSc1nnnn1-c1ccc(Br)cc1)Nc1cc(Cl)ccc1Cl. The van der Waals surface area contributed by atoms with Gasteiger partial charge in [0.2, 0.25) is 11.1 Å². The van der Waals surface area contributed by atoms with E-state index in [4.69, 9.17) is 23.2 Å². The molecule has 1 aromatic heterocycles. The highest BCUT2D eigenvalue weighted by Crippen LogP contribution is 2.26. The van der Waals surface area contributed by atoms with Gasteiger partial charge in [-0.3, -0.25) is 4.79 Å². The summed E-state index contributed by atoms with van der Waals surface area (Å²) < 4.78 is 2.52. The summed E-state index contributed by atoms with van der Waals surface area (Å²) in [4.78, 5) is 12.1. The van der Waals surface area contributed by atoms with Gasteiger partial charge in [-0.25, -0.2) is 0 Å². The minimum absolute atomic E-state index is 0.125. The highest BCUT2D eigenvalue weighted by molar-refractivity contribution is 9.10. The van der Waals surface area contributed by atoms with E-state index in [2.05, 4.69) is 36.8 Å². The van der Waals surface area contributed by atoms with Crippen molar-refractivity contribution in [1.29, 1.82) is 0 Å². The second-order valence-corrected chi connectivity index (χ2v) is 7.51. The fourth-order valence-corrected chi connectivity index (χ4v) is 3.21. The summed E-state index contributed by atoms with van der Waals surface area (Å²) in [6.07, 6.45) is 0. The van der Waals surface area contributed by atoms with Crippen LogP contribution in [0.1, 0.15) is 0 Å². The van der Waals surface area contributed by atoms with Crippen LogP contribution in [0.2, 0.25) is 10.0 Å². The Hall–Kier alpha value is -1.61. The fourth-order valence-electron chi connectivity index (χ4n) is 1.92. The lowest BCUT2D eigenvalue weighted by atomic mass is 10.3. The number of carbonyl (C=O) groups excluding carboxylic acids is 1. The number of hydrogen-bond donors (Lipinski definition) is 1. The molecule has 25 heavy (non-hydrogen) atoms. The van der Waals surface area contributed by atoms with Crippen LogP contribution < -0.4 is 5.32 Å². The quantitative estimate of drug-likeness (QED) is 0.571. The maximum absolute atomic E-state index is 12.1. The van der Waals surface area contributed by atoms with E-state index in [-0.39, 0.29) is 11.7 Å². The lowest BCUT2D eigenvalue weighted by Gasteiger charge is -2.08. The highest BCUT2D eigenvalue weighted by atomic mass is 79.9. The Bertz CT molecular complexity index is 903. The lowest BCUT2D eigenvalue weighted by molar-refractivity contribution is -0.113. The zero-order valence-electron chi connectivity index (χ0n) is 12.5. The summed E-state index contributed by atoms with van der Waals surface area (Å²) in [7, 11) is 0. The maximum Gasteiger partial charge on any atom is 0.234 e. The number of carbonyl (C=O) groups is 1.